The van der Waals surface area contributed by atoms with E-state index >= 15 is 0 Å². The number of halogens is 1. The van der Waals surface area contributed by atoms with Crippen LogP contribution in [0.15, 0.2) is 56.8 Å². The summed E-state index contributed by atoms with van der Waals surface area (Å²) in [5.74, 6) is 7.21. The average molecular weight is 429 g/mol. The molecule has 0 unspecified atom stereocenters. The predicted octanol–water partition coefficient (Wildman–Crippen LogP) is 3.98. The van der Waals surface area contributed by atoms with Gasteiger partial charge in [-0.05, 0) is 35.7 Å². The number of phenols is 1. The summed E-state index contributed by atoms with van der Waals surface area (Å²) in [5, 5.41) is 20.2. The second-order valence-corrected chi connectivity index (χ2v) is 7.78. The number of aromatic nitrogens is 3. The first-order valence-electron chi connectivity index (χ1n) is 8.84. The molecule has 2 aromatic carbocycles. The van der Waals surface area contributed by atoms with Gasteiger partial charge in [-0.25, -0.2) is 9.47 Å². The zero-order valence-electron chi connectivity index (χ0n) is 15.4. The Kier molecular flexibility index (Phi) is 5.21. The number of thioether (sulfide) groups is 1. The van der Waals surface area contributed by atoms with Crippen molar-refractivity contribution < 1.29 is 9.52 Å². The first kappa shape index (κ1) is 19.4. The van der Waals surface area contributed by atoms with Crippen LogP contribution < -0.4 is 11.5 Å². The van der Waals surface area contributed by atoms with Gasteiger partial charge in [0.15, 0.2) is 5.82 Å². The smallest absolute Gasteiger partial charge is 0.336 e. The van der Waals surface area contributed by atoms with Crippen molar-refractivity contribution in [3.63, 3.8) is 0 Å². The minimum Gasteiger partial charge on any atom is -0.508 e. The van der Waals surface area contributed by atoms with Gasteiger partial charge >= 0.3 is 5.63 Å². The lowest BCUT2D eigenvalue weighted by atomic mass is 10.1. The van der Waals surface area contributed by atoms with E-state index in [2.05, 4.69) is 10.2 Å². The first-order valence-corrected chi connectivity index (χ1v) is 10.2. The monoisotopic (exact) mass is 428 g/mol. The van der Waals surface area contributed by atoms with Crippen molar-refractivity contribution in [1.29, 1.82) is 0 Å². The number of phenolic OH excluding ortho intramolecular Hbond substituents is 1. The van der Waals surface area contributed by atoms with Crippen LogP contribution in [0, 0.1) is 0 Å². The quantitative estimate of drug-likeness (QED) is 0.281. The molecular formula is C20H17ClN4O3S. The van der Waals surface area contributed by atoms with E-state index in [1.165, 1.54) is 28.6 Å². The molecule has 0 atom stereocenters. The number of hydrogen-bond acceptors (Lipinski definition) is 7. The minimum atomic E-state index is -0.481. The zero-order valence-corrected chi connectivity index (χ0v) is 17.0. The van der Waals surface area contributed by atoms with Gasteiger partial charge in [-0.1, -0.05) is 42.4 Å². The van der Waals surface area contributed by atoms with Crippen LogP contribution in [-0.4, -0.2) is 20.0 Å². The lowest BCUT2D eigenvalue weighted by Gasteiger charge is -2.08. The molecule has 0 aliphatic heterocycles. The predicted molar refractivity (Wildman–Crippen MR) is 114 cm³/mol. The maximum atomic E-state index is 11.9. The molecule has 0 amide bonds. The fourth-order valence-corrected chi connectivity index (χ4v) is 4.09. The van der Waals surface area contributed by atoms with Gasteiger partial charge in [-0.3, -0.25) is 0 Å². The van der Waals surface area contributed by atoms with Crippen molar-refractivity contribution >= 4 is 34.3 Å². The Balaban J connectivity index is 1.66. The molecule has 2 aromatic heterocycles. The van der Waals surface area contributed by atoms with Gasteiger partial charge in [0.05, 0.1) is 0 Å². The van der Waals surface area contributed by atoms with E-state index in [-0.39, 0.29) is 5.75 Å². The number of aryl methyl sites for hydroxylation is 1. The van der Waals surface area contributed by atoms with Crippen LogP contribution in [0.5, 0.6) is 5.75 Å². The largest absolute Gasteiger partial charge is 0.508 e. The summed E-state index contributed by atoms with van der Waals surface area (Å²) < 4.78 is 6.63. The Hall–Kier alpha value is -2.97. The number of nitrogens with zero attached hydrogens (tertiary/aromatic N) is 3. The van der Waals surface area contributed by atoms with Gasteiger partial charge in [-0.15, -0.1) is 10.2 Å². The third-order valence-electron chi connectivity index (χ3n) is 4.51. The van der Waals surface area contributed by atoms with Crippen molar-refractivity contribution in [1.82, 2.24) is 14.9 Å². The third kappa shape index (κ3) is 3.81. The van der Waals surface area contributed by atoms with E-state index in [9.17, 15) is 9.90 Å². The molecule has 0 aliphatic rings. The molecule has 0 saturated carbocycles. The van der Waals surface area contributed by atoms with Crippen molar-refractivity contribution in [2.45, 2.75) is 24.3 Å². The number of fused-ring (bicyclic) bond motifs is 1. The summed E-state index contributed by atoms with van der Waals surface area (Å²) in [7, 11) is 0. The average Bonchev–Trinajstić information content (AvgIpc) is 3.06. The Morgan fingerprint density at radius 3 is 2.79 bits per heavy atom. The Bertz CT molecular complexity index is 1270. The molecule has 0 bridgehead atoms. The number of aromatic hydroxyl groups is 1. The van der Waals surface area contributed by atoms with Crippen molar-refractivity contribution in [2.24, 2.45) is 0 Å². The lowest BCUT2D eigenvalue weighted by molar-refractivity contribution is 0.466. The number of hydrogen-bond donors (Lipinski definition) is 2. The summed E-state index contributed by atoms with van der Waals surface area (Å²) in [4.78, 5) is 11.9. The molecule has 0 radical (unpaired) electrons. The molecule has 4 rings (SSSR count). The maximum absolute atomic E-state index is 11.9. The highest BCUT2D eigenvalue weighted by atomic mass is 35.5. The van der Waals surface area contributed by atoms with Gasteiger partial charge in [0.1, 0.15) is 11.3 Å². The van der Waals surface area contributed by atoms with Gasteiger partial charge in [0.25, 0.3) is 0 Å². The molecule has 29 heavy (non-hydrogen) atoms. The molecule has 3 N–H and O–H groups in total. The van der Waals surface area contributed by atoms with E-state index in [0.717, 1.165) is 22.1 Å². The van der Waals surface area contributed by atoms with Crippen molar-refractivity contribution in [3.8, 4) is 17.1 Å². The summed E-state index contributed by atoms with van der Waals surface area (Å²) in [6.45, 7) is 1.95. The van der Waals surface area contributed by atoms with E-state index < -0.39 is 5.63 Å². The first-order chi connectivity index (χ1) is 14.0. The van der Waals surface area contributed by atoms with Crippen LogP contribution in [0.2, 0.25) is 5.02 Å². The zero-order chi connectivity index (χ0) is 20.5. The van der Waals surface area contributed by atoms with Gasteiger partial charge in [-0.2, -0.15) is 0 Å². The maximum Gasteiger partial charge on any atom is 0.336 e. The van der Waals surface area contributed by atoms with E-state index in [0.29, 0.717) is 33.8 Å². The number of rotatable bonds is 5. The second-order valence-electron chi connectivity index (χ2n) is 6.40. The summed E-state index contributed by atoms with van der Waals surface area (Å²) in [6.07, 6.45) is 0.660. The second kappa shape index (κ2) is 7.81. The lowest BCUT2D eigenvalue weighted by Crippen LogP contribution is -2.11. The third-order valence-corrected chi connectivity index (χ3v) is 5.74. The number of nitrogens with two attached hydrogens (primary N) is 1. The molecule has 7 nitrogen and oxygen atoms in total. The number of benzene rings is 2. The molecule has 9 heteroatoms. The molecule has 0 spiro atoms. The highest BCUT2D eigenvalue weighted by molar-refractivity contribution is 7.98. The Labute approximate surface area is 175 Å². The molecule has 2 heterocycles. The molecular weight excluding hydrogens is 412 g/mol. The number of nitrogen functional groups attached to an aromatic ring is 1. The van der Waals surface area contributed by atoms with Crippen molar-refractivity contribution in [2.75, 3.05) is 5.84 Å². The van der Waals surface area contributed by atoms with Crippen LogP contribution in [0.25, 0.3) is 22.4 Å². The summed E-state index contributed by atoms with van der Waals surface area (Å²) in [5.41, 5.74) is 2.17. The summed E-state index contributed by atoms with van der Waals surface area (Å²) in [6, 6.07) is 12.0. The van der Waals surface area contributed by atoms with Crippen LogP contribution in [0.4, 0.5) is 0 Å². The van der Waals surface area contributed by atoms with Gasteiger partial charge < -0.3 is 15.4 Å². The highest BCUT2D eigenvalue weighted by Crippen LogP contribution is 2.31. The molecule has 4 aromatic rings. The van der Waals surface area contributed by atoms with Crippen LogP contribution in [0.1, 0.15) is 18.1 Å². The summed E-state index contributed by atoms with van der Waals surface area (Å²) >= 11 is 7.39. The van der Waals surface area contributed by atoms with Crippen LogP contribution in [-0.2, 0) is 12.2 Å². The Morgan fingerprint density at radius 2 is 2.03 bits per heavy atom. The van der Waals surface area contributed by atoms with Crippen LogP contribution >= 0.6 is 23.4 Å². The van der Waals surface area contributed by atoms with Gasteiger partial charge in [0.2, 0.25) is 5.16 Å². The molecule has 148 valence electrons. The van der Waals surface area contributed by atoms with E-state index in [1.807, 2.05) is 25.1 Å². The van der Waals surface area contributed by atoms with Gasteiger partial charge in [0, 0.05) is 33.9 Å². The van der Waals surface area contributed by atoms with E-state index in [4.69, 9.17) is 21.9 Å². The Morgan fingerprint density at radius 1 is 1.21 bits per heavy atom. The minimum absolute atomic E-state index is 0.112. The van der Waals surface area contributed by atoms with E-state index in [1.54, 1.807) is 12.1 Å². The standard InChI is InChI=1S/C20H17ClN4O3S/c1-2-11-7-15-13(8-18(27)28-17(15)9-16(11)26)10-29-20-24-23-19(25(20)22)12-4-3-5-14(21)6-12/h3-9,26H,2,10,22H2,1H3. The molecule has 0 fully saturated rings. The molecule has 0 aliphatic carbocycles. The highest BCUT2D eigenvalue weighted by Gasteiger charge is 2.15. The fraction of sp³-hybridized carbons (Fsp3) is 0.150. The van der Waals surface area contributed by atoms with Crippen molar-refractivity contribution in [3.05, 3.63) is 69.0 Å². The van der Waals surface area contributed by atoms with Crippen LogP contribution in [0.3, 0.4) is 0 Å². The fourth-order valence-electron chi connectivity index (χ4n) is 3.05. The normalized spacial score (nSPS) is 11.2. The SMILES string of the molecule is CCc1cc2c(CSc3nnc(-c4cccc(Cl)c4)n3N)cc(=O)oc2cc1O. The topological polar surface area (TPSA) is 107 Å². The molecule has 0 saturated heterocycles.